The second kappa shape index (κ2) is 5.07. The number of hydrazine groups is 1. The fourth-order valence-electron chi connectivity index (χ4n) is 1.31. The number of thiophene rings is 1. The third kappa shape index (κ3) is 2.69. The summed E-state index contributed by atoms with van der Waals surface area (Å²) in [7, 11) is 0. The fourth-order valence-corrected chi connectivity index (χ4v) is 2.16. The van der Waals surface area contributed by atoms with Crippen LogP contribution in [0, 0.1) is 12.7 Å². The second-order valence-corrected chi connectivity index (χ2v) is 4.21. The molecule has 0 unspecified atom stereocenters. The van der Waals surface area contributed by atoms with Crippen molar-refractivity contribution in [1.82, 2.24) is 9.97 Å². The van der Waals surface area contributed by atoms with Gasteiger partial charge in [0.2, 0.25) is 5.95 Å². The van der Waals surface area contributed by atoms with E-state index in [1.165, 1.54) is 5.56 Å². The Kier molecular flexibility index (Phi) is 3.50. The number of nitrogens with two attached hydrogens (primary N) is 1. The summed E-state index contributed by atoms with van der Waals surface area (Å²) in [5, 5.41) is 6.98. The molecule has 0 bridgehead atoms. The Labute approximate surface area is 102 Å². The first-order chi connectivity index (χ1) is 8.20. The van der Waals surface area contributed by atoms with Crippen LogP contribution < -0.4 is 16.6 Å². The van der Waals surface area contributed by atoms with Gasteiger partial charge in [0, 0.05) is 6.54 Å². The number of halogens is 1. The van der Waals surface area contributed by atoms with E-state index in [9.17, 15) is 4.39 Å². The first-order valence-electron chi connectivity index (χ1n) is 4.95. The normalized spacial score (nSPS) is 10.3. The molecule has 2 rings (SSSR count). The monoisotopic (exact) mass is 253 g/mol. The van der Waals surface area contributed by atoms with Crippen LogP contribution in [0.4, 0.5) is 16.2 Å². The quantitative estimate of drug-likeness (QED) is 0.573. The molecule has 4 N–H and O–H groups in total. The van der Waals surface area contributed by atoms with Crippen LogP contribution in [-0.4, -0.2) is 9.97 Å². The number of aryl methyl sites for hydroxylation is 1. The predicted molar refractivity (Wildman–Crippen MR) is 66.2 cm³/mol. The Balaban J connectivity index is 2.11. The molecule has 90 valence electrons. The molecule has 0 fully saturated rings. The van der Waals surface area contributed by atoms with Crippen molar-refractivity contribution in [2.75, 3.05) is 10.7 Å². The van der Waals surface area contributed by atoms with Crippen LogP contribution in [0.25, 0.3) is 0 Å². The van der Waals surface area contributed by atoms with Crippen molar-refractivity contribution in [1.29, 1.82) is 0 Å². The topological polar surface area (TPSA) is 75.9 Å². The van der Waals surface area contributed by atoms with Gasteiger partial charge in [-0.05, 0) is 28.8 Å². The molecule has 0 radical (unpaired) electrons. The number of nitrogens with one attached hydrogen (secondary N) is 2. The maximum absolute atomic E-state index is 13.4. The molecule has 2 aromatic rings. The van der Waals surface area contributed by atoms with Crippen LogP contribution in [0.15, 0.2) is 17.0 Å². The number of rotatable bonds is 4. The van der Waals surface area contributed by atoms with E-state index >= 15 is 0 Å². The van der Waals surface area contributed by atoms with Crippen molar-refractivity contribution >= 4 is 23.1 Å². The van der Waals surface area contributed by atoms with E-state index in [4.69, 9.17) is 5.84 Å². The number of nitrogen functional groups attached to an aromatic ring is 1. The summed E-state index contributed by atoms with van der Waals surface area (Å²) in [4.78, 5) is 7.55. The van der Waals surface area contributed by atoms with E-state index in [2.05, 4.69) is 20.7 Å². The van der Waals surface area contributed by atoms with Crippen molar-refractivity contribution in [3.63, 3.8) is 0 Å². The minimum Gasteiger partial charge on any atom is -0.363 e. The van der Waals surface area contributed by atoms with Crippen molar-refractivity contribution in [2.45, 2.75) is 13.5 Å². The first kappa shape index (κ1) is 11.7. The number of aromatic nitrogens is 2. The van der Waals surface area contributed by atoms with Gasteiger partial charge in [-0.25, -0.2) is 15.2 Å². The summed E-state index contributed by atoms with van der Waals surface area (Å²) in [5.74, 6) is 4.97. The van der Waals surface area contributed by atoms with Crippen LogP contribution in [0.3, 0.4) is 0 Å². The van der Waals surface area contributed by atoms with Gasteiger partial charge in [0.1, 0.15) is 0 Å². The Bertz CT molecular complexity index is 513. The molecule has 5 nitrogen and oxygen atoms in total. The lowest BCUT2D eigenvalue weighted by atomic mass is 10.2. The number of hydrogen-bond acceptors (Lipinski definition) is 6. The van der Waals surface area contributed by atoms with E-state index in [1.54, 1.807) is 11.3 Å². The molecular formula is C10H12FN5S. The number of nitrogens with zero attached hydrogens (tertiary/aromatic N) is 2. The van der Waals surface area contributed by atoms with Crippen LogP contribution in [-0.2, 0) is 6.54 Å². The summed E-state index contributed by atoms with van der Waals surface area (Å²) in [5.41, 5.74) is 4.57. The molecule has 0 spiro atoms. The van der Waals surface area contributed by atoms with Gasteiger partial charge in [-0.15, -0.1) is 0 Å². The third-order valence-corrected chi connectivity index (χ3v) is 3.19. The van der Waals surface area contributed by atoms with Crippen molar-refractivity contribution in [2.24, 2.45) is 5.84 Å². The zero-order valence-electron chi connectivity index (χ0n) is 9.20. The Morgan fingerprint density at radius 3 is 2.94 bits per heavy atom. The summed E-state index contributed by atoms with van der Waals surface area (Å²) in [6.45, 7) is 2.53. The highest BCUT2D eigenvalue weighted by Crippen LogP contribution is 2.17. The van der Waals surface area contributed by atoms with Crippen LogP contribution in [0.1, 0.15) is 11.1 Å². The molecule has 7 heteroatoms. The Morgan fingerprint density at radius 2 is 2.29 bits per heavy atom. The zero-order chi connectivity index (χ0) is 12.3. The van der Waals surface area contributed by atoms with Gasteiger partial charge in [0.05, 0.1) is 6.20 Å². The van der Waals surface area contributed by atoms with Crippen LogP contribution in [0.5, 0.6) is 0 Å². The first-order valence-corrected chi connectivity index (χ1v) is 5.89. The van der Waals surface area contributed by atoms with Gasteiger partial charge in [-0.2, -0.15) is 16.3 Å². The Morgan fingerprint density at radius 1 is 1.47 bits per heavy atom. The smallest absolute Gasteiger partial charge is 0.239 e. The maximum atomic E-state index is 13.4. The van der Waals surface area contributed by atoms with Crippen LogP contribution in [0.2, 0.25) is 0 Å². The lowest BCUT2D eigenvalue weighted by molar-refractivity contribution is 0.617. The van der Waals surface area contributed by atoms with Gasteiger partial charge in [0.15, 0.2) is 11.6 Å². The standard InChI is InChI=1S/C10H12FN5S/c1-6-4-17-5-7(6)2-13-9-8(11)3-14-10(15-9)16-12/h3-5H,2,12H2,1H3,(H2,13,14,15,16). The van der Waals surface area contributed by atoms with Gasteiger partial charge < -0.3 is 5.32 Å². The molecule has 0 atom stereocenters. The molecule has 0 saturated heterocycles. The second-order valence-electron chi connectivity index (χ2n) is 3.47. The molecule has 0 aromatic carbocycles. The van der Waals surface area contributed by atoms with E-state index in [0.717, 1.165) is 11.8 Å². The van der Waals surface area contributed by atoms with E-state index in [1.807, 2.05) is 17.7 Å². The molecular weight excluding hydrogens is 241 g/mol. The molecule has 0 amide bonds. The van der Waals surface area contributed by atoms with E-state index in [0.29, 0.717) is 6.54 Å². The summed E-state index contributed by atoms with van der Waals surface area (Å²) in [6, 6.07) is 0. The Hall–Kier alpha value is -1.73. The van der Waals surface area contributed by atoms with Crippen molar-refractivity contribution in [3.05, 3.63) is 33.9 Å². The highest BCUT2D eigenvalue weighted by atomic mass is 32.1. The highest BCUT2D eigenvalue weighted by molar-refractivity contribution is 7.08. The minimum absolute atomic E-state index is 0.138. The summed E-state index contributed by atoms with van der Waals surface area (Å²) < 4.78 is 13.4. The zero-order valence-corrected chi connectivity index (χ0v) is 10.0. The number of anilines is 2. The third-order valence-electron chi connectivity index (χ3n) is 2.28. The minimum atomic E-state index is -0.503. The average Bonchev–Trinajstić information content (AvgIpc) is 2.74. The van der Waals surface area contributed by atoms with Gasteiger partial charge in [-0.3, -0.25) is 5.43 Å². The molecule has 0 saturated carbocycles. The maximum Gasteiger partial charge on any atom is 0.239 e. The SMILES string of the molecule is Cc1cscc1CNc1nc(NN)ncc1F. The largest absolute Gasteiger partial charge is 0.363 e. The summed E-state index contributed by atoms with van der Waals surface area (Å²) >= 11 is 1.61. The highest BCUT2D eigenvalue weighted by Gasteiger charge is 2.07. The van der Waals surface area contributed by atoms with Crippen LogP contribution >= 0.6 is 11.3 Å². The lowest BCUT2D eigenvalue weighted by Gasteiger charge is -2.07. The van der Waals surface area contributed by atoms with Crippen molar-refractivity contribution in [3.8, 4) is 0 Å². The van der Waals surface area contributed by atoms with E-state index < -0.39 is 5.82 Å². The fraction of sp³-hybridized carbons (Fsp3) is 0.200. The molecule has 2 heterocycles. The molecule has 2 aromatic heterocycles. The molecule has 0 aliphatic carbocycles. The number of hydrogen-bond donors (Lipinski definition) is 3. The van der Waals surface area contributed by atoms with Gasteiger partial charge in [-0.1, -0.05) is 0 Å². The molecule has 17 heavy (non-hydrogen) atoms. The molecule has 0 aliphatic rings. The van der Waals surface area contributed by atoms with Crippen molar-refractivity contribution < 1.29 is 4.39 Å². The van der Waals surface area contributed by atoms with E-state index in [-0.39, 0.29) is 11.8 Å². The lowest BCUT2D eigenvalue weighted by Crippen LogP contribution is -2.13. The van der Waals surface area contributed by atoms with Gasteiger partial charge in [0.25, 0.3) is 0 Å². The summed E-state index contributed by atoms with van der Waals surface area (Å²) in [6.07, 6.45) is 1.07. The average molecular weight is 253 g/mol. The molecule has 0 aliphatic heterocycles. The predicted octanol–water partition coefficient (Wildman–Crippen LogP) is 1.88. The van der Waals surface area contributed by atoms with Gasteiger partial charge >= 0.3 is 0 Å².